The maximum atomic E-state index is 12.2. The predicted molar refractivity (Wildman–Crippen MR) is 74.6 cm³/mol. The van der Waals surface area contributed by atoms with E-state index < -0.39 is 0 Å². The predicted octanol–water partition coefficient (Wildman–Crippen LogP) is 2.62. The number of amides is 1. The summed E-state index contributed by atoms with van der Waals surface area (Å²) in [5.74, 6) is -0.00738. The quantitative estimate of drug-likeness (QED) is 0.873. The van der Waals surface area contributed by atoms with Crippen molar-refractivity contribution < 1.29 is 9.90 Å². The summed E-state index contributed by atoms with van der Waals surface area (Å²) in [5, 5.41) is 10.2. The van der Waals surface area contributed by atoms with Crippen molar-refractivity contribution in [3.8, 4) is 0 Å². The van der Waals surface area contributed by atoms with E-state index in [9.17, 15) is 9.90 Å². The van der Waals surface area contributed by atoms with Crippen LogP contribution in [0.1, 0.15) is 29.6 Å². The Balaban J connectivity index is 2.06. The molecule has 2 unspecified atom stereocenters. The minimum atomic E-state index is -0.306. The Kier molecular flexibility index (Phi) is 4.66. The Morgan fingerprint density at radius 1 is 1.42 bits per heavy atom. The number of aromatic nitrogens is 1. The fourth-order valence-corrected chi connectivity index (χ4v) is 2.93. The number of carbonyl (C=O) groups is 1. The highest BCUT2D eigenvalue weighted by Crippen LogP contribution is 2.26. The summed E-state index contributed by atoms with van der Waals surface area (Å²) < 4.78 is 0. The number of hydrogen-bond donors (Lipinski definition) is 1. The third-order valence-electron chi connectivity index (χ3n) is 3.48. The zero-order valence-electron chi connectivity index (χ0n) is 10.6. The van der Waals surface area contributed by atoms with Crippen LogP contribution in [-0.4, -0.2) is 40.6 Å². The molecule has 1 heterocycles. The van der Waals surface area contributed by atoms with E-state index in [1.807, 2.05) is 0 Å². The van der Waals surface area contributed by atoms with Crippen LogP contribution in [0.2, 0.25) is 10.3 Å². The number of hydrogen-bond acceptors (Lipinski definition) is 3. The molecule has 1 saturated carbocycles. The summed E-state index contributed by atoms with van der Waals surface area (Å²) in [4.78, 5) is 17.7. The maximum Gasteiger partial charge on any atom is 0.253 e. The van der Waals surface area contributed by atoms with Gasteiger partial charge >= 0.3 is 0 Å². The molecule has 1 aliphatic rings. The lowest BCUT2D eigenvalue weighted by atomic mass is 10.1. The van der Waals surface area contributed by atoms with Gasteiger partial charge < -0.3 is 10.0 Å². The van der Waals surface area contributed by atoms with Crippen LogP contribution >= 0.6 is 23.2 Å². The molecule has 0 spiro atoms. The van der Waals surface area contributed by atoms with Crippen LogP contribution in [0.5, 0.6) is 0 Å². The van der Waals surface area contributed by atoms with E-state index in [0.717, 1.165) is 19.3 Å². The molecule has 2 rings (SSSR count). The van der Waals surface area contributed by atoms with Gasteiger partial charge in [0.05, 0.1) is 6.10 Å². The van der Waals surface area contributed by atoms with E-state index in [0.29, 0.717) is 12.1 Å². The van der Waals surface area contributed by atoms with Gasteiger partial charge in [-0.05, 0) is 25.0 Å². The van der Waals surface area contributed by atoms with Gasteiger partial charge in [-0.3, -0.25) is 4.79 Å². The number of nitrogens with zero attached hydrogens (tertiary/aromatic N) is 2. The molecular weight excluding hydrogens is 287 g/mol. The van der Waals surface area contributed by atoms with Crippen molar-refractivity contribution >= 4 is 29.1 Å². The van der Waals surface area contributed by atoms with Gasteiger partial charge in [-0.15, -0.1) is 0 Å². The average molecular weight is 303 g/mol. The number of aliphatic hydroxyl groups excluding tert-OH is 1. The minimum Gasteiger partial charge on any atom is -0.393 e. The standard InChI is InChI=1S/C13H16Cl2N2O2/c1-17(7-8-3-2-4-10(8)18)13(19)9-5-11(14)16-12(15)6-9/h5-6,8,10,18H,2-4,7H2,1H3. The van der Waals surface area contributed by atoms with Crippen LogP contribution in [0.25, 0.3) is 0 Å². The van der Waals surface area contributed by atoms with E-state index >= 15 is 0 Å². The molecule has 0 bridgehead atoms. The minimum absolute atomic E-state index is 0.154. The molecule has 1 aliphatic carbocycles. The van der Waals surface area contributed by atoms with E-state index in [2.05, 4.69) is 4.98 Å². The molecule has 1 aromatic rings. The Labute approximate surface area is 122 Å². The monoisotopic (exact) mass is 302 g/mol. The summed E-state index contributed by atoms with van der Waals surface area (Å²) in [6.07, 6.45) is 2.48. The lowest BCUT2D eigenvalue weighted by Gasteiger charge is -2.23. The Morgan fingerprint density at radius 3 is 2.58 bits per heavy atom. The van der Waals surface area contributed by atoms with Crippen molar-refractivity contribution in [2.45, 2.75) is 25.4 Å². The maximum absolute atomic E-state index is 12.2. The molecule has 19 heavy (non-hydrogen) atoms. The van der Waals surface area contributed by atoms with Crippen molar-refractivity contribution in [1.29, 1.82) is 0 Å². The van der Waals surface area contributed by atoms with Crippen LogP contribution < -0.4 is 0 Å². The summed E-state index contributed by atoms with van der Waals surface area (Å²) >= 11 is 11.6. The second kappa shape index (κ2) is 6.07. The molecule has 1 fully saturated rings. The number of pyridine rings is 1. The van der Waals surface area contributed by atoms with Gasteiger partial charge in [0.1, 0.15) is 10.3 Å². The zero-order valence-corrected chi connectivity index (χ0v) is 12.2. The first-order valence-corrected chi connectivity index (χ1v) is 6.99. The Morgan fingerprint density at radius 2 is 2.05 bits per heavy atom. The largest absolute Gasteiger partial charge is 0.393 e. The fourth-order valence-electron chi connectivity index (χ4n) is 2.47. The van der Waals surface area contributed by atoms with Gasteiger partial charge in [-0.2, -0.15) is 0 Å². The molecule has 1 aromatic heterocycles. The van der Waals surface area contributed by atoms with Crippen molar-refractivity contribution in [3.63, 3.8) is 0 Å². The molecule has 1 N–H and O–H groups in total. The van der Waals surface area contributed by atoms with E-state index in [1.165, 1.54) is 12.1 Å². The average Bonchev–Trinajstić information content (AvgIpc) is 2.72. The SMILES string of the molecule is CN(CC1CCCC1O)C(=O)c1cc(Cl)nc(Cl)c1. The third-order valence-corrected chi connectivity index (χ3v) is 3.87. The van der Waals surface area contributed by atoms with Gasteiger partial charge in [-0.25, -0.2) is 4.98 Å². The van der Waals surface area contributed by atoms with Crippen molar-refractivity contribution in [1.82, 2.24) is 9.88 Å². The molecule has 0 aliphatic heterocycles. The van der Waals surface area contributed by atoms with Crippen molar-refractivity contribution in [2.24, 2.45) is 5.92 Å². The fraction of sp³-hybridized carbons (Fsp3) is 0.538. The van der Waals surface area contributed by atoms with Crippen LogP contribution in [0, 0.1) is 5.92 Å². The molecule has 4 nitrogen and oxygen atoms in total. The second-order valence-corrected chi connectivity index (χ2v) is 5.72. The number of halogens is 2. The highest BCUT2D eigenvalue weighted by Gasteiger charge is 2.27. The molecule has 0 radical (unpaired) electrons. The van der Waals surface area contributed by atoms with Crippen molar-refractivity contribution in [3.05, 3.63) is 28.0 Å². The first-order valence-electron chi connectivity index (χ1n) is 6.24. The second-order valence-electron chi connectivity index (χ2n) is 4.95. The van der Waals surface area contributed by atoms with E-state index in [4.69, 9.17) is 23.2 Å². The lowest BCUT2D eigenvalue weighted by molar-refractivity contribution is 0.0693. The molecule has 2 atom stereocenters. The summed E-state index contributed by atoms with van der Waals surface area (Å²) in [7, 11) is 1.72. The van der Waals surface area contributed by atoms with Crippen LogP contribution in [0.15, 0.2) is 12.1 Å². The highest BCUT2D eigenvalue weighted by molar-refractivity contribution is 6.33. The van der Waals surface area contributed by atoms with Crippen LogP contribution in [0.4, 0.5) is 0 Å². The van der Waals surface area contributed by atoms with Crippen molar-refractivity contribution in [2.75, 3.05) is 13.6 Å². The highest BCUT2D eigenvalue weighted by atomic mass is 35.5. The van der Waals surface area contributed by atoms with E-state index in [-0.39, 0.29) is 28.2 Å². The molecule has 1 amide bonds. The molecular formula is C13H16Cl2N2O2. The summed E-state index contributed by atoms with van der Waals surface area (Å²) in [5.41, 5.74) is 0.417. The van der Waals surface area contributed by atoms with E-state index in [1.54, 1.807) is 11.9 Å². The van der Waals surface area contributed by atoms with Gasteiger partial charge in [0.15, 0.2) is 0 Å². The Bertz CT molecular complexity index is 461. The zero-order chi connectivity index (χ0) is 14.0. The Hall–Kier alpha value is -0.840. The third kappa shape index (κ3) is 3.59. The molecule has 104 valence electrons. The number of carbonyl (C=O) groups excluding carboxylic acids is 1. The molecule has 0 aromatic carbocycles. The summed E-state index contributed by atoms with van der Waals surface area (Å²) in [6, 6.07) is 2.99. The first-order chi connectivity index (χ1) is 8.97. The number of rotatable bonds is 3. The molecule has 6 heteroatoms. The molecule has 0 saturated heterocycles. The number of aliphatic hydroxyl groups is 1. The van der Waals surface area contributed by atoms with Gasteiger partial charge in [0.25, 0.3) is 5.91 Å². The topological polar surface area (TPSA) is 53.4 Å². The van der Waals surface area contributed by atoms with Crippen LogP contribution in [-0.2, 0) is 0 Å². The van der Waals surface area contributed by atoms with Gasteiger partial charge in [0.2, 0.25) is 0 Å². The van der Waals surface area contributed by atoms with Gasteiger partial charge in [0, 0.05) is 25.1 Å². The smallest absolute Gasteiger partial charge is 0.253 e. The normalized spacial score (nSPS) is 22.5. The van der Waals surface area contributed by atoms with Crippen LogP contribution in [0.3, 0.4) is 0 Å². The summed E-state index contributed by atoms with van der Waals surface area (Å²) in [6.45, 7) is 0.539. The lowest BCUT2D eigenvalue weighted by Crippen LogP contribution is -2.34. The first kappa shape index (κ1) is 14.6. The van der Waals surface area contributed by atoms with Gasteiger partial charge in [-0.1, -0.05) is 29.6 Å².